The summed E-state index contributed by atoms with van der Waals surface area (Å²) in [6, 6.07) is 48.2. The maximum Gasteiger partial charge on any atom is 0.0629 e. The van der Waals surface area contributed by atoms with Crippen LogP contribution in [0.1, 0.15) is 61.4 Å². The number of rotatable bonds is 3. The van der Waals surface area contributed by atoms with Crippen LogP contribution >= 0.6 is 0 Å². The standard InChI is InChI=1S/C48H39N/c1-47(2)41-25-21-33(32-16-12-15-31(27-32)30-13-6-5-7-14-30)28-39(41)37-23-24-38-40-29-34(22-26-42(40)48(3,4)46(38)45(37)47)49-43-19-10-8-17-35(43)36-18-9-11-20-44(36)49/h5-29,35,43H,1-4H3. The van der Waals surface area contributed by atoms with Gasteiger partial charge < -0.3 is 4.90 Å². The van der Waals surface area contributed by atoms with Crippen LogP contribution in [0.2, 0.25) is 0 Å². The number of hydrogen-bond donors (Lipinski definition) is 0. The zero-order chi connectivity index (χ0) is 33.1. The molecular weight excluding hydrogens is 591 g/mol. The quantitative estimate of drug-likeness (QED) is 0.188. The lowest BCUT2D eigenvalue weighted by atomic mass is 9.72. The molecule has 0 amide bonds. The molecule has 4 aliphatic rings. The lowest BCUT2D eigenvalue weighted by Gasteiger charge is -2.31. The smallest absolute Gasteiger partial charge is 0.0629 e. The summed E-state index contributed by atoms with van der Waals surface area (Å²) >= 11 is 0. The Balaban J connectivity index is 1.10. The van der Waals surface area contributed by atoms with Crippen molar-refractivity contribution in [2.75, 3.05) is 4.90 Å². The van der Waals surface area contributed by atoms with Crippen LogP contribution in [0.15, 0.2) is 152 Å². The highest BCUT2D eigenvalue weighted by Gasteiger charge is 2.46. The van der Waals surface area contributed by atoms with Gasteiger partial charge in [-0.3, -0.25) is 0 Å². The zero-order valence-corrected chi connectivity index (χ0v) is 28.5. The molecule has 236 valence electrons. The molecule has 0 N–H and O–H groups in total. The molecule has 3 aliphatic carbocycles. The van der Waals surface area contributed by atoms with E-state index < -0.39 is 0 Å². The largest absolute Gasteiger partial charge is 0.333 e. The van der Waals surface area contributed by atoms with E-state index in [0.29, 0.717) is 12.0 Å². The van der Waals surface area contributed by atoms with E-state index in [-0.39, 0.29) is 10.8 Å². The van der Waals surface area contributed by atoms with E-state index >= 15 is 0 Å². The van der Waals surface area contributed by atoms with Gasteiger partial charge in [0.25, 0.3) is 0 Å². The summed E-state index contributed by atoms with van der Waals surface area (Å²) in [5.74, 6) is 0.381. The van der Waals surface area contributed by atoms with Crippen LogP contribution in [0.25, 0.3) is 44.5 Å². The molecule has 2 atom stereocenters. The second-order valence-corrected chi connectivity index (χ2v) is 15.3. The van der Waals surface area contributed by atoms with Gasteiger partial charge in [0.2, 0.25) is 0 Å². The maximum absolute atomic E-state index is 2.56. The monoisotopic (exact) mass is 629 g/mol. The highest BCUT2D eigenvalue weighted by atomic mass is 15.2. The van der Waals surface area contributed by atoms with Crippen LogP contribution < -0.4 is 4.90 Å². The number of fused-ring (bicyclic) bond motifs is 10. The third-order valence-electron chi connectivity index (χ3n) is 11.9. The van der Waals surface area contributed by atoms with Crippen molar-refractivity contribution in [1.29, 1.82) is 0 Å². The summed E-state index contributed by atoms with van der Waals surface area (Å²) in [6.45, 7) is 9.74. The lowest BCUT2D eigenvalue weighted by molar-refractivity contribution is 0.601. The van der Waals surface area contributed by atoms with Gasteiger partial charge in [-0.1, -0.05) is 149 Å². The van der Waals surface area contributed by atoms with Gasteiger partial charge in [-0.25, -0.2) is 0 Å². The molecule has 2 unspecified atom stereocenters. The molecule has 1 aliphatic heterocycles. The summed E-state index contributed by atoms with van der Waals surface area (Å²) in [5, 5.41) is 0. The molecule has 49 heavy (non-hydrogen) atoms. The molecule has 0 bridgehead atoms. The number of benzene rings is 6. The number of nitrogens with zero attached hydrogens (tertiary/aromatic N) is 1. The van der Waals surface area contributed by atoms with Gasteiger partial charge in [-0.05, 0) is 103 Å². The van der Waals surface area contributed by atoms with Gasteiger partial charge in [-0.2, -0.15) is 0 Å². The fraction of sp³-hybridized carbons (Fsp3) is 0.167. The van der Waals surface area contributed by atoms with Crippen molar-refractivity contribution >= 4 is 11.4 Å². The second kappa shape index (κ2) is 10.1. The predicted molar refractivity (Wildman–Crippen MR) is 206 cm³/mol. The minimum Gasteiger partial charge on any atom is -0.333 e. The number of hydrogen-bond acceptors (Lipinski definition) is 1. The fourth-order valence-corrected chi connectivity index (χ4v) is 9.66. The Hall–Kier alpha value is -5.40. The van der Waals surface area contributed by atoms with E-state index in [4.69, 9.17) is 0 Å². The van der Waals surface area contributed by atoms with Crippen LogP contribution in [0.5, 0.6) is 0 Å². The molecule has 0 spiro atoms. The highest BCUT2D eigenvalue weighted by Crippen LogP contribution is 2.60. The molecule has 10 rings (SSSR count). The first-order valence-corrected chi connectivity index (χ1v) is 17.7. The number of allylic oxidation sites excluding steroid dienone is 2. The molecular formula is C48H39N. The van der Waals surface area contributed by atoms with E-state index in [1.807, 2.05) is 0 Å². The lowest BCUT2D eigenvalue weighted by Crippen LogP contribution is -2.28. The molecule has 1 nitrogen and oxygen atoms in total. The fourth-order valence-electron chi connectivity index (χ4n) is 9.66. The van der Waals surface area contributed by atoms with Gasteiger partial charge in [0.05, 0.1) is 6.04 Å². The Kier molecular flexibility index (Phi) is 5.87. The minimum atomic E-state index is -0.111. The molecule has 0 radical (unpaired) electrons. The highest BCUT2D eigenvalue weighted by molar-refractivity contribution is 5.94. The van der Waals surface area contributed by atoms with Crippen molar-refractivity contribution in [3.63, 3.8) is 0 Å². The molecule has 0 fully saturated rings. The third kappa shape index (κ3) is 3.93. The second-order valence-electron chi connectivity index (χ2n) is 15.3. The SMILES string of the molecule is CC1(C)c2ccc(-c3cccc(-c4ccccc4)c3)cc2-c2ccc3c(c21)C(C)(C)c1ccc(N2c4ccccc4C4C=CC=CC42)cc1-3. The molecule has 6 aromatic carbocycles. The summed E-state index contributed by atoms with van der Waals surface area (Å²) < 4.78 is 0. The molecule has 1 heteroatoms. The first-order valence-electron chi connectivity index (χ1n) is 17.7. The van der Waals surface area contributed by atoms with E-state index in [2.05, 4.69) is 184 Å². The van der Waals surface area contributed by atoms with E-state index in [0.717, 1.165) is 0 Å². The number of anilines is 2. The first kappa shape index (κ1) is 28.6. The Bertz CT molecular complexity index is 2400. The van der Waals surface area contributed by atoms with Crippen molar-refractivity contribution in [3.05, 3.63) is 180 Å². The van der Waals surface area contributed by atoms with Gasteiger partial charge in [0.1, 0.15) is 0 Å². The van der Waals surface area contributed by atoms with Crippen molar-refractivity contribution in [3.8, 4) is 44.5 Å². The van der Waals surface area contributed by atoms with Gasteiger partial charge >= 0.3 is 0 Å². The summed E-state index contributed by atoms with van der Waals surface area (Å²) in [6.07, 6.45) is 9.15. The average Bonchev–Trinajstić information content (AvgIpc) is 3.68. The van der Waals surface area contributed by atoms with Crippen molar-refractivity contribution in [1.82, 2.24) is 0 Å². The molecule has 1 heterocycles. The number of para-hydroxylation sites is 1. The normalized spacial score (nSPS) is 19.6. The Morgan fingerprint density at radius 2 is 1.06 bits per heavy atom. The molecule has 0 saturated heterocycles. The topological polar surface area (TPSA) is 3.24 Å². The van der Waals surface area contributed by atoms with E-state index in [1.54, 1.807) is 0 Å². The van der Waals surface area contributed by atoms with Crippen LogP contribution in [-0.2, 0) is 10.8 Å². The van der Waals surface area contributed by atoms with Crippen LogP contribution in [-0.4, -0.2) is 6.04 Å². The molecule has 0 aromatic heterocycles. The third-order valence-corrected chi connectivity index (χ3v) is 11.9. The van der Waals surface area contributed by atoms with Crippen LogP contribution in [0.4, 0.5) is 11.4 Å². The van der Waals surface area contributed by atoms with Crippen molar-refractivity contribution < 1.29 is 0 Å². The first-order chi connectivity index (χ1) is 23.8. The molecule has 6 aromatic rings. The average molecular weight is 630 g/mol. The van der Waals surface area contributed by atoms with E-state index in [9.17, 15) is 0 Å². The summed E-state index contributed by atoms with van der Waals surface area (Å²) in [5.41, 5.74) is 20.2. The van der Waals surface area contributed by atoms with Crippen LogP contribution in [0.3, 0.4) is 0 Å². The Labute approximate surface area is 289 Å². The van der Waals surface area contributed by atoms with Gasteiger partial charge in [-0.15, -0.1) is 0 Å². The Morgan fingerprint density at radius 1 is 0.469 bits per heavy atom. The van der Waals surface area contributed by atoms with Crippen LogP contribution in [0, 0.1) is 0 Å². The summed E-state index contributed by atoms with van der Waals surface area (Å²) in [4.78, 5) is 2.56. The molecule has 0 saturated carbocycles. The van der Waals surface area contributed by atoms with E-state index in [1.165, 1.54) is 83.7 Å². The van der Waals surface area contributed by atoms with Crippen molar-refractivity contribution in [2.45, 2.75) is 50.5 Å². The Morgan fingerprint density at radius 3 is 1.82 bits per heavy atom. The van der Waals surface area contributed by atoms with Gasteiger partial charge in [0, 0.05) is 28.1 Å². The minimum absolute atomic E-state index is 0.108. The maximum atomic E-state index is 2.56. The van der Waals surface area contributed by atoms with Gasteiger partial charge in [0.15, 0.2) is 0 Å². The van der Waals surface area contributed by atoms with Crippen molar-refractivity contribution in [2.24, 2.45) is 0 Å². The predicted octanol–water partition coefficient (Wildman–Crippen LogP) is 12.4. The zero-order valence-electron chi connectivity index (χ0n) is 28.5. The summed E-state index contributed by atoms with van der Waals surface area (Å²) in [7, 11) is 0.